The second kappa shape index (κ2) is 25.2. The third-order valence-electron chi connectivity index (χ3n) is 10.7. The fourth-order valence-corrected chi connectivity index (χ4v) is 8.03. The molecule has 0 spiro atoms. The van der Waals surface area contributed by atoms with E-state index >= 15 is 0 Å². The van der Waals surface area contributed by atoms with Crippen LogP contribution in [0.25, 0.3) is 0 Å². The predicted octanol–water partition coefficient (Wildman–Crippen LogP) is 10.8. The van der Waals surface area contributed by atoms with Gasteiger partial charge in [0.1, 0.15) is 0 Å². The summed E-state index contributed by atoms with van der Waals surface area (Å²) in [5, 5.41) is 6.95. The lowest BCUT2D eigenvalue weighted by molar-refractivity contribution is -0.141. The van der Waals surface area contributed by atoms with Gasteiger partial charge in [0.2, 0.25) is 0 Å². The number of nitrogens with two attached hydrogens (primary N) is 1. The molecule has 0 amide bonds. The molecule has 5 heteroatoms. The zero-order valence-electron chi connectivity index (χ0n) is 34.1. The third-order valence-corrected chi connectivity index (χ3v) is 10.7. The molecule has 2 saturated heterocycles. The number of rotatable bonds is 20. The molecule has 3 aliphatic rings. The molecule has 0 aromatic carbocycles. The van der Waals surface area contributed by atoms with Gasteiger partial charge < -0.3 is 16.4 Å². The first kappa shape index (κ1) is 46.2. The number of Topliss-reactive ketones (excluding diaryl/α,β-unsaturated/α-hetero) is 2. The lowest BCUT2D eigenvalue weighted by atomic mass is 9.63. The maximum Gasteiger partial charge on any atom is 0.158 e. The van der Waals surface area contributed by atoms with E-state index in [1.807, 2.05) is 12.2 Å². The summed E-state index contributed by atoms with van der Waals surface area (Å²) in [6.45, 7) is 27.0. The first-order valence-corrected chi connectivity index (χ1v) is 20.7. The zero-order chi connectivity index (χ0) is 37.6. The summed E-state index contributed by atoms with van der Waals surface area (Å²) in [5.41, 5.74) is 6.73. The van der Waals surface area contributed by atoms with E-state index in [1.165, 1.54) is 31.4 Å². The fraction of sp³-hybridized carbons (Fsp3) is 0.778. The summed E-state index contributed by atoms with van der Waals surface area (Å²) in [4.78, 5) is 28.7. The first-order valence-electron chi connectivity index (χ1n) is 20.7. The molecular weight excluding hydrogens is 615 g/mol. The van der Waals surface area contributed by atoms with Crippen molar-refractivity contribution in [2.45, 2.75) is 182 Å². The highest BCUT2D eigenvalue weighted by molar-refractivity contribution is 5.99. The van der Waals surface area contributed by atoms with Crippen molar-refractivity contribution in [2.24, 2.45) is 35.3 Å². The Kier molecular flexibility index (Phi) is 23.3. The highest BCUT2D eigenvalue weighted by Crippen LogP contribution is 2.39. The Morgan fingerprint density at radius 3 is 2.18 bits per heavy atom. The normalized spacial score (nSPS) is 22.8. The molecule has 288 valence electrons. The van der Waals surface area contributed by atoms with E-state index in [2.05, 4.69) is 97.4 Å². The molecule has 5 unspecified atom stereocenters. The minimum absolute atomic E-state index is 0.139. The number of unbranched alkanes of at least 4 members (excludes halogenated alkanes) is 1. The van der Waals surface area contributed by atoms with Gasteiger partial charge in [0.05, 0.1) is 11.1 Å². The number of nitrogens with one attached hydrogen (secondary N) is 2. The Balaban J connectivity index is 0.000000736. The molecule has 50 heavy (non-hydrogen) atoms. The van der Waals surface area contributed by atoms with Crippen molar-refractivity contribution in [3.05, 3.63) is 49.1 Å². The van der Waals surface area contributed by atoms with Crippen LogP contribution in [0.15, 0.2) is 49.1 Å². The smallest absolute Gasteiger partial charge is 0.158 e. The van der Waals surface area contributed by atoms with Crippen molar-refractivity contribution in [1.29, 1.82) is 0 Å². The van der Waals surface area contributed by atoms with Crippen molar-refractivity contribution in [2.75, 3.05) is 13.1 Å². The van der Waals surface area contributed by atoms with Gasteiger partial charge in [-0.15, -0.1) is 13.2 Å². The Hall–Kier alpha value is -1.82. The van der Waals surface area contributed by atoms with E-state index in [9.17, 15) is 9.59 Å². The van der Waals surface area contributed by atoms with E-state index in [-0.39, 0.29) is 17.5 Å². The summed E-state index contributed by atoms with van der Waals surface area (Å²) in [6, 6.07) is 0.611. The number of carbonyl (C=O) groups is 2. The van der Waals surface area contributed by atoms with E-state index in [4.69, 9.17) is 5.73 Å². The SMILES string of the molecule is C=CC1CCCN1.C=CCCC(C)C.CCCCC(N)(CC(C)CC(C)C)C(=O)C(CC(C)C)C1(C(=O)CCC2=CCCC=C2)CCCCN1. The van der Waals surface area contributed by atoms with Gasteiger partial charge in [-0.05, 0) is 127 Å². The van der Waals surface area contributed by atoms with Gasteiger partial charge in [-0.1, -0.05) is 104 Å². The zero-order valence-corrected chi connectivity index (χ0v) is 34.1. The standard InChI is InChI=1S/C32H56N2O2.C7H14.C6H11N/c1-7-8-18-31(33,23-26(6)21-24(2)3)30(36)28(22-25(4)5)32(19-12-13-20-34-32)29(35)17-16-27-14-10-9-11-15-27;1-4-5-6-7(2)3;1-2-6-4-3-5-7-6/h10,14-15,24-26,28,34H,7-9,11-13,16-23,33H2,1-6H3;4,7H,1,5-6H2,2-3H3;2,6-7H,1,3-5H2. The van der Waals surface area contributed by atoms with Gasteiger partial charge in [-0.3, -0.25) is 9.59 Å². The van der Waals surface area contributed by atoms with Crippen LogP contribution in [0.2, 0.25) is 0 Å². The minimum atomic E-state index is -0.870. The molecule has 0 radical (unpaired) electrons. The minimum Gasteiger partial charge on any atom is -0.319 e. The monoisotopic (exact) mass is 696 g/mol. The van der Waals surface area contributed by atoms with E-state index < -0.39 is 11.1 Å². The van der Waals surface area contributed by atoms with Gasteiger partial charge in [-0.2, -0.15) is 0 Å². The van der Waals surface area contributed by atoms with Crippen LogP contribution in [0.3, 0.4) is 0 Å². The van der Waals surface area contributed by atoms with Crippen molar-refractivity contribution in [3.8, 4) is 0 Å². The average molecular weight is 696 g/mol. The lowest BCUT2D eigenvalue weighted by Crippen LogP contribution is -2.66. The van der Waals surface area contributed by atoms with Gasteiger partial charge in [0.15, 0.2) is 11.6 Å². The highest BCUT2D eigenvalue weighted by atomic mass is 16.1. The maximum atomic E-state index is 14.6. The topological polar surface area (TPSA) is 84.2 Å². The second-order valence-electron chi connectivity index (χ2n) is 17.0. The summed E-state index contributed by atoms with van der Waals surface area (Å²) in [5.74, 6) is 2.10. The van der Waals surface area contributed by atoms with Crippen LogP contribution in [-0.4, -0.2) is 41.8 Å². The van der Waals surface area contributed by atoms with Crippen molar-refractivity contribution in [3.63, 3.8) is 0 Å². The lowest BCUT2D eigenvalue weighted by Gasteiger charge is -2.46. The van der Waals surface area contributed by atoms with Crippen molar-refractivity contribution >= 4 is 11.6 Å². The van der Waals surface area contributed by atoms with Crippen molar-refractivity contribution < 1.29 is 9.59 Å². The molecular formula is C45H81N3O2. The largest absolute Gasteiger partial charge is 0.319 e. The van der Waals surface area contributed by atoms with Crippen molar-refractivity contribution in [1.82, 2.24) is 10.6 Å². The average Bonchev–Trinajstić information content (AvgIpc) is 3.62. The number of ketones is 2. The molecule has 5 nitrogen and oxygen atoms in total. The van der Waals surface area contributed by atoms with E-state index in [0.717, 1.165) is 76.7 Å². The van der Waals surface area contributed by atoms with Gasteiger partial charge in [-0.25, -0.2) is 0 Å². The molecule has 4 N–H and O–H groups in total. The van der Waals surface area contributed by atoms with Crippen LogP contribution in [0.4, 0.5) is 0 Å². The van der Waals surface area contributed by atoms with E-state index in [1.54, 1.807) is 0 Å². The number of piperidine rings is 1. The summed E-state index contributed by atoms with van der Waals surface area (Å²) in [7, 11) is 0. The van der Waals surface area contributed by atoms with Crippen LogP contribution < -0.4 is 16.4 Å². The van der Waals surface area contributed by atoms with Crippen LogP contribution in [0, 0.1) is 29.6 Å². The summed E-state index contributed by atoms with van der Waals surface area (Å²) < 4.78 is 0. The second-order valence-corrected chi connectivity index (χ2v) is 17.0. The summed E-state index contributed by atoms with van der Waals surface area (Å²) in [6.07, 6.45) is 27.0. The maximum absolute atomic E-state index is 14.6. The molecule has 3 rings (SSSR count). The van der Waals surface area contributed by atoms with Gasteiger partial charge in [0.25, 0.3) is 0 Å². The molecule has 0 aromatic rings. The molecule has 5 atom stereocenters. The van der Waals surface area contributed by atoms with Crippen LogP contribution in [0.5, 0.6) is 0 Å². The van der Waals surface area contributed by atoms with Gasteiger partial charge in [0, 0.05) is 18.4 Å². The predicted molar refractivity (Wildman–Crippen MR) is 218 cm³/mol. The quantitative estimate of drug-likeness (QED) is 0.110. The number of hydrogen-bond acceptors (Lipinski definition) is 5. The molecule has 2 fully saturated rings. The Morgan fingerprint density at radius 2 is 1.72 bits per heavy atom. The first-order chi connectivity index (χ1) is 23.7. The van der Waals surface area contributed by atoms with Crippen LogP contribution >= 0.6 is 0 Å². The Morgan fingerprint density at radius 1 is 1.00 bits per heavy atom. The molecule has 0 saturated carbocycles. The highest BCUT2D eigenvalue weighted by Gasteiger charge is 2.52. The van der Waals surface area contributed by atoms with Crippen LogP contribution in [-0.2, 0) is 9.59 Å². The van der Waals surface area contributed by atoms with Crippen LogP contribution in [0.1, 0.15) is 165 Å². The number of hydrogen-bond donors (Lipinski definition) is 3. The Bertz CT molecular complexity index is 1030. The fourth-order valence-electron chi connectivity index (χ4n) is 8.03. The van der Waals surface area contributed by atoms with E-state index in [0.29, 0.717) is 49.5 Å². The van der Waals surface area contributed by atoms with Gasteiger partial charge >= 0.3 is 0 Å². The Labute approximate surface area is 310 Å². The molecule has 2 heterocycles. The summed E-state index contributed by atoms with van der Waals surface area (Å²) >= 11 is 0. The molecule has 0 aromatic heterocycles. The molecule has 0 bridgehead atoms. The molecule has 1 aliphatic carbocycles. The third kappa shape index (κ3) is 17.1. The molecule has 2 aliphatic heterocycles. The number of allylic oxidation sites excluding steroid dienone is 5. The number of carbonyl (C=O) groups excluding carboxylic acids is 2.